The molecule has 1 aromatic carbocycles. The Morgan fingerprint density at radius 2 is 2.04 bits per heavy atom. The number of hydrogen-bond donors (Lipinski definition) is 0. The lowest BCUT2D eigenvalue weighted by molar-refractivity contribution is -0.132. The van der Waals surface area contributed by atoms with Crippen molar-refractivity contribution in [2.24, 2.45) is 5.92 Å². The summed E-state index contributed by atoms with van der Waals surface area (Å²) in [6, 6.07) is 8.26. The summed E-state index contributed by atoms with van der Waals surface area (Å²) in [4.78, 5) is 19.6. The second-order valence-electron chi connectivity index (χ2n) is 7.87. The Balaban J connectivity index is 1.76. The quantitative estimate of drug-likeness (QED) is 0.537. The molecule has 1 aromatic heterocycles. The minimum atomic E-state index is 0.240. The van der Waals surface area contributed by atoms with Gasteiger partial charge in [0.1, 0.15) is 0 Å². The zero-order chi connectivity index (χ0) is 20.1. The van der Waals surface area contributed by atoms with Crippen molar-refractivity contribution < 1.29 is 4.79 Å². The number of carbonyl (C=O) groups is 1. The summed E-state index contributed by atoms with van der Waals surface area (Å²) in [5, 5.41) is 1.64. The lowest BCUT2D eigenvalue weighted by Gasteiger charge is -2.35. The molecule has 0 N–H and O–H groups in total. The van der Waals surface area contributed by atoms with Crippen LogP contribution in [-0.4, -0.2) is 38.7 Å². The van der Waals surface area contributed by atoms with E-state index in [9.17, 15) is 4.79 Å². The highest BCUT2D eigenvalue weighted by atomic mass is 35.5. The van der Waals surface area contributed by atoms with Gasteiger partial charge in [-0.1, -0.05) is 56.3 Å². The van der Waals surface area contributed by atoms with Gasteiger partial charge >= 0.3 is 0 Å². The Hall–Kier alpha value is -1.46. The normalized spacial score (nSPS) is 17.3. The molecule has 0 aliphatic carbocycles. The summed E-state index contributed by atoms with van der Waals surface area (Å²) >= 11 is 7.60. The van der Waals surface area contributed by atoms with Gasteiger partial charge in [0, 0.05) is 24.2 Å². The number of aromatic nitrogens is 2. The summed E-state index contributed by atoms with van der Waals surface area (Å²) < 4.78 is 2.24. The van der Waals surface area contributed by atoms with Crippen molar-refractivity contribution in [1.29, 1.82) is 0 Å². The molecule has 0 bridgehead atoms. The van der Waals surface area contributed by atoms with Crippen LogP contribution in [0.15, 0.2) is 35.6 Å². The maximum atomic E-state index is 12.8. The number of halogens is 1. The van der Waals surface area contributed by atoms with Crippen molar-refractivity contribution in [1.82, 2.24) is 14.5 Å². The Kier molecular flexibility index (Phi) is 7.47. The standard InChI is InChI=1S/C22H30ClN3OS/c1-4-19-7-5-6-12-25(19)21(27)15-28-22-24-13-20(26(22)14-16(2)3)17-8-10-18(23)11-9-17/h8-11,13,16,19H,4-7,12,14-15H2,1-3H3. The van der Waals surface area contributed by atoms with E-state index >= 15 is 0 Å². The van der Waals surface area contributed by atoms with Gasteiger partial charge in [-0.25, -0.2) is 4.98 Å². The molecular formula is C22H30ClN3OS. The molecule has 2 aromatic rings. The Morgan fingerprint density at radius 1 is 1.29 bits per heavy atom. The monoisotopic (exact) mass is 419 g/mol. The van der Waals surface area contributed by atoms with Crippen molar-refractivity contribution >= 4 is 29.3 Å². The highest BCUT2D eigenvalue weighted by molar-refractivity contribution is 7.99. The predicted molar refractivity (Wildman–Crippen MR) is 118 cm³/mol. The largest absolute Gasteiger partial charge is 0.339 e. The van der Waals surface area contributed by atoms with Gasteiger partial charge in [0.05, 0.1) is 17.6 Å². The van der Waals surface area contributed by atoms with Crippen LogP contribution < -0.4 is 0 Å². The molecule has 1 aliphatic rings. The van der Waals surface area contributed by atoms with Crippen molar-refractivity contribution in [2.45, 2.75) is 64.2 Å². The summed E-state index contributed by atoms with van der Waals surface area (Å²) in [6.07, 6.45) is 6.44. The zero-order valence-corrected chi connectivity index (χ0v) is 18.6. The Morgan fingerprint density at radius 3 is 2.71 bits per heavy atom. The molecule has 0 radical (unpaired) electrons. The Bertz CT molecular complexity index is 788. The number of imidazole rings is 1. The van der Waals surface area contributed by atoms with Crippen molar-refractivity contribution in [3.05, 3.63) is 35.5 Å². The van der Waals surface area contributed by atoms with Crippen LogP contribution in [0.2, 0.25) is 5.02 Å². The lowest BCUT2D eigenvalue weighted by Crippen LogP contribution is -2.44. The van der Waals surface area contributed by atoms with E-state index in [0.717, 1.165) is 53.8 Å². The van der Waals surface area contributed by atoms with Gasteiger partial charge < -0.3 is 9.47 Å². The third-order valence-corrected chi connectivity index (χ3v) is 6.48. The fraction of sp³-hybridized carbons (Fsp3) is 0.545. The van der Waals surface area contributed by atoms with Crippen LogP contribution >= 0.6 is 23.4 Å². The molecule has 1 unspecified atom stereocenters. The maximum absolute atomic E-state index is 12.8. The molecule has 2 heterocycles. The first-order valence-electron chi connectivity index (χ1n) is 10.2. The smallest absolute Gasteiger partial charge is 0.233 e. The topological polar surface area (TPSA) is 38.1 Å². The summed E-state index contributed by atoms with van der Waals surface area (Å²) in [5.41, 5.74) is 2.17. The van der Waals surface area contributed by atoms with E-state index in [1.54, 1.807) is 11.8 Å². The van der Waals surface area contributed by atoms with E-state index in [2.05, 4.69) is 35.2 Å². The maximum Gasteiger partial charge on any atom is 0.233 e. The van der Waals surface area contributed by atoms with E-state index in [1.807, 2.05) is 30.5 Å². The van der Waals surface area contributed by atoms with Gasteiger partial charge in [-0.15, -0.1) is 0 Å². The number of benzene rings is 1. The predicted octanol–water partition coefficient (Wildman–Crippen LogP) is 5.74. The van der Waals surface area contributed by atoms with Gasteiger partial charge in [-0.05, 0) is 49.3 Å². The highest BCUT2D eigenvalue weighted by Crippen LogP contribution is 2.29. The second kappa shape index (κ2) is 9.84. The number of likely N-dealkylation sites (tertiary alicyclic amines) is 1. The van der Waals surface area contributed by atoms with Crippen molar-refractivity contribution in [3.8, 4) is 11.3 Å². The number of thioether (sulfide) groups is 1. The summed E-state index contributed by atoms with van der Waals surface area (Å²) in [7, 11) is 0. The van der Waals surface area contributed by atoms with E-state index in [0.29, 0.717) is 17.7 Å². The van der Waals surface area contributed by atoms with Crippen LogP contribution in [0, 0.1) is 5.92 Å². The Labute approximate surface area is 177 Å². The number of piperidine rings is 1. The number of hydrogen-bond acceptors (Lipinski definition) is 3. The third kappa shape index (κ3) is 5.12. The van der Waals surface area contributed by atoms with E-state index < -0.39 is 0 Å². The molecule has 1 atom stereocenters. The van der Waals surface area contributed by atoms with Gasteiger partial charge in [0.15, 0.2) is 5.16 Å². The highest BCUT2D eigenvalue weighted by Gasteiger charge is 2.25. The van der Waals surface area contributed by atoms with Gasteiger partial charge in [0.25, 0.3) is 0 Å². The van der Waals surface area contributed by atoms with E-state index in [-0.39, 0.29) is 5.91 Å². The van der Waals surface area contributed by atoms with E-state index in [1.165, 1.54) is 6.42 Å². The molecule has 152 valence electrons. The van der Waals surface area contributed by atoms with Crippen LogP contribution in [0.4, 0.5) is 0 Å². The second-order valence-corrected chi connectivity index (χ2v) is 9.25. The first-order valence-corrected chi connectivity index (χ1v) is 11.6. The van der Waals surface area contributed by atoms with Crippen LogP contribution in [0.25, 0.3) is 11.3 Å². The molecule has 6 heteroatoms. The third-order valence-electron chi connectivity index (χ3n) is 5.25. The molecule has 0 saturated carbocycles. The molecule has 1 amide bonds. The van der Waals surface area contributed by atoms with Crippen LogP contribution in [-0.2, 0) is 11.3 Å². The molecule has 28 heavy (non-hydrogen) atoms. The minimum Gasteiger partial charge on any atom is -0.339 e. The SMILES string of the molecule is CCC1CCCCN1C(=O)CSc1ncc(-c2ccc(Cl)cc2)n1CC(C)C. The summed E-state index contributed by atoms with van der Waals surface area (Å²) in [5.74, 6) is 1.18. The fourth-order valence-corrected chi connectivity index (χ4v) is 4.83. The lowest BCUT2D eigenvalue weighted by atomic mass is 10.0. The number of carbonyl (C=O) groups excluding carboxylic acids is 1. The molecular weight excluding hydrogens is 390 g/mol. The first-order chi connectivity index (χ1) is 13.5. The summed E-state index contributed by atoms with van der Waals surface area (Å²) in [6.45, 7) is 8.34. The molecule has 3 rings (SSSR count). The van der Waals surface area contributed by atoms with Crippen molar-refractivity contribution in [3.63, 3.8) is 0 Å². The number of rotatable bonds is 7. The van der Waals surface area contributed by atoms with Gasteiger partial charge in [0.2, 0.25) is 5.91 Å². The zero-order valence-electron chi connectivity index (χ0n) is 17.0. The van der Waals surface area contributed by atoms with Gasteiger partial charge in [-0.3, -0.25) is 4.79 Å². The van der Waals surface area contributed by atoms with Gasteiger partial charge in [-0.2, -0.15) is 0 Å². The molecule has 1 fully saturated rings. The van der Waals surface area contributed by atoms with Crippen molar-refractivity contribution in [2.75, 3.05) is 12.3 Å². The van der Waals surface area contributed by atoms with Crippen LogP contribution in [0.1, 0.15) is 46.5 Å². The van der Waals surface area contributed by atoms with E-state index in [4.69, 9.17) is 11.6 Å². The van der Waals surface area contributed by atoms with Crippen LogP contribution in [0.5, 0.6) is 0 Å². The number of amides is 1. The average Bonchev–Trinajstić information content (AvgIpc) is 3.08. The number of nitrogens with zero attached hydrogens (tertiary/aromatic N) is 3. The molecule has 1 saturated heterocycles. The molecule has 0 spiro atoms. The fourth-order valence-electron chi connectivity index (χ4n) is 3.83. The average molecular weight is 420 g/mol. The first kappa shape index (κ1) is 21.3. The van der Waals surface area contributed by atoms with Crippen LogP contribution in [0.3, 0.4) is 0 Å². The minimum absolute atomic E-state index is 0.240. The molecule has 4 nitrogen and oxygen atoms in total. The molecule has 1 aliphatic heterocycles.